The Kier molecular flexibility index (Phi) is 11.3. The van der Waals surface area contributed by atoms with Crippen molar-refractivity contribution in [3.05, 3.63) is 34.3 Å². The summed E-state index contributed by atoms with van der Waals surface area (Å²) in [5.41, 5.74) is 1.30. The van der Waals surface area contributed by atoms with Gasteiger partial charge in [-0.3, -0.25) is 4.99 Å². The Morgan fingerprint density at radius 1 is 1.31 bits per heavy atom. The van der Waals surface area contributed by atoms with E-state index in [9.17, 15) is 8.42 Å². The summed E-state index contributed by atoms with van der Waals surface area (Å²) in [6, 6.07) is 8.35. The van der Waals surface area contributed by atoms with Crippen molar-refractivity contribution in [3.63, 3.8) is 0 Å². The topological polar surface area (TPSA) is 70.6 Å². The molecule has 0 amide bonds. The van der Waals surface area contributed by atoms with Gasteiger partial charge in [0.1, 0.15) is 0 Å². The molecule has 0 fully saturated rings. The van der Waals surface area contributed by atoms with Crippen molar-refractivity contribution < 1.29 is 8.42 Å². The molecule has 26 heavy (non-hydrogen) atoms. The molecule has 8 heteroatoms. The molecule has 0 aliphatic carbocycles. The molecule has 2 N–H and O–H groups in total. The first-order valence-corrected chi connectivity index (χ1v) is 11.2. The summed E-state index contributed by atoms with van der Waals surface area (Å²) in [5, 5.41) is 6.43. The monoisotopic (exact) mass is 559 g/mol. The Morgan fingerprint density at radius 2 is 1.96 bits per heavy atom. The van der Waals surface area contributed by atoms with Gasteiger partial charge in [0.15, 0.2) is 15.8 Å². The molecule has 0 saturated heterocycles. The van der Waals surface area contributed by atoms with Gasteiger partial charge in [0.25, 0.3) is 0 Å². The quantitative estimate of drug-likeness (QED) is 0.290. The second-order valence-corrected chi connectivity index (χ2v) is 10.5. The molecule has 1 rings (SSSR count). The van der Waals surface area contributed by atoms with Gasteiger partial charge in [0.05, 0.1) is 4.75 Å². The Hall–Kier alpha value is -0.350. The first-order chi connectivity index (χ1) is 11.6. The average Bonchev–Trinajstić information content (AvgIpc) is 2.52. The van der Waals surface area contributed by atoms with Crippen LogP contribution in [0.4, 0.5) is 0 Å². The minimum Gasteiger partial charge on any atom is -0.356 e. The number of halogens is 2. The standard InChI is InChI=1S/C18H30BrN3O2S.HI/c1-6-14(10-15-8-7-9-16(19)11-15)12-21-17(20-4)22-13-18(2,3)25(5,23)24;/h7-9,11,14H,6,10,12-13H2,1-5H3,(H2,20,21,22);1H. The third-order valence-corrected chi connectivity index (χ3v) is 7.10. The third-order valence-electron chi connectivity index (χ3n) is 4.46. The van der Waals surface area contributed by atoms with Crippen molar-refractivity contribution in [3.8, 4) is 0 Å². The first-order valence-electron chi connectivity index (χ1n) is 8.47. The lowest BCUT2D eigenvalue weighted by atomic mass is 9.97. The maximum Gasteiger partial charge on any atom is 0.191 e. The van der Waals surface area contributed by atoms with Gasteiger partial charge < -0.3 is 10.6 Å². The zero-order chi connectivity index (χ0) is 19.1. The van der Waals surface area contributed by atoms with Crippen LogP contribution in [-0.4, -0.2) is 45.5 Å². The maximum absolute atomic E-state index is 11.8. The number of benzene rings is 1. The fourth-order valence-corrected chi connectivity index (χ4v) is 3.03. The summed E-state index contributed by atoms with van der Waals surface area (Å²) in [6.45, 7) is 6.69. The number of sulfone groups is 1. The van der Waals surface area contributed by atoms with Gasteiger partial charge in [-0.1, -0.05) is 41.4 Å². The molecule has 1 aromatic carbocycles. The highest BCUT2D eigenvalue weighted by atomic mass is 127. The summed E-state index contributed by atoms with van der Waals surface area (Å²) in [4.78, 5) is 4.19. The SMILES string of the molecule is CCC(CNC(=NC)NCC(C)(C)S(C)(=O)=O)Cc1cccc(Br)c1.I. The molecule has 1 atom stereocenters. The van der Waals surface area contributed by atoms with Crippen molar-refractivity contribution in [2.45, 2.75) is 38.4 Å². The van der Waals surface area contributed by atoms with Crippen LogP contribution >= 0.6 is 39.9 Å². The van der Waals surface area contributed by atoms with E-state index in [0.29, 0.717) is 18.4 Å². The van der Waals surface area contributed by atoms with E-state index in [0.717, 1.165) is 23.9 Å². The zero-order valence-electron chi connectivity index (χ0n) is 16.2. The minimum absolute atomic E-state index is 0. The van der Waals surface area contributed by atoms with Gasteiger partial charge >= 0.3 is 0 Å². The van der Waals surface area contributed by atoms with Gasteiger partial charge in [0, 0.05) is 30.9 Å². The molecule has 150 valence electrons. The minimum atomic E-state index is -3.14. The molecule has 0 saturated carbocycles. The van der Waals surface area contributed by atoms with Crippen molar-refractivity contribution in [1.29, 1.82) is 0 Å². The predicted octanol–water partition coefficient (Wildman–Crippen LogP) is 3.62. The number of rotatable bonds is 8. The van der Waals surface area contributed by atoms with Gasteiger partial charge in [-0.05, 0) is 43.9 Å². The van der Waals surface area contributed by atoms with Crippen LogP contribution in [0.5, 0.6) is 0 Å². The smallest absolute Gasteiger partial charge is 0.191 e. The number of hydrogen-bond donors (Lipinski definition) is 2. The highest BCUT2D eigenvalue weighted by Crippen LogP contribution is 2.17. The highest BCUT2D eigenvalue weighted by molar-refractivity contribution is 14.0. The van der Waals surface area contributed by atoms with Crippen LogP contribution in [0.15, 0.2) is 33.7 Å². The molecular weight excluding hydrogens is 529 g/mol. The van der Waals surface area contributed by atoms with Crippen LogP contribution in [0, 0.1) is 5.92 Å². The molecule has 5 nitrogen and oxygen atoms in total. The van der Waals surface area contributed by atoms with E-state index in [4.69, 9.17) is 0 Å². The lowest BCUT2D eigenvalue weighted by molar-refractivity contribution is 0.491. The normalized spacial score (nSPS) is 13.7. The third kappa shape index (κ3) is 8.56. The van der Waals surface area contributed by atoms with Crippen molar-refractivity contribution in [2.24, 2.45) is 10.9 Å². The highest BCUT2D eigenvalue weighted by Gasteiger charge is 2.30. The first kappa shape index (κ1) is 25.6. The lowest BCUT2D eigenvalue weighted by Gasteiger charge is -2.25. The van der Waals surface area contributed by atoms with Gasteiger partial charge in [-0.15, -0.1) is 24.0 Å². The Morgan fingerprint density at radius 3 is 2.46 bits per heavy atom. The van der Waals surface area contributed by atoms with Gasteiger partial charge in [-0.25, -0.2) is 8.42 Å². The van der Waals surface area contributed by atoms with Crippen LogP contribution in [0.1, 0.15) is 32.8 Å². The summed E-state index contributed by atoms with van der Waals surface area (Å²) >= 11 is 3.51. The summed E-state index contributed by atoms with van der Waals surface area (Å²) < 4.78 is 23.8. The van der Waals surface area contributed by atoms with Crippen LogP contribution < -0.4 is 10.6 Å². The summed E-state index contributed by atoms with van der Waals surface area (Å²) in [7, 11) is -1.44. The van der Waals surface area contributed by atoms with Crippen LogP contribution in [0.2, 0.25) is 0 Å². The average molecular weight is 560 g/mol. The number of nitrogens with zero attached hydrogens (tertiary/aromatic N) is 1. The van der Waals surface area contributed by atoms with Crippen LogP contribution in [0.25, 0.3) is 0 Å². The van der Waals surface area contributed by atoms with E-state index >= 15 is 0 Å². The molecule has 0 aliphatic heterocycles. The number of hydrogen-bond acceptors (Lipinski definition) is 3. The van der Waals surface area contributed by atoms with Gasteiger partial charge in [0.2, 0.25) is 0 Å². The van der Waals surface area contributed by atoms with E-state index in [2.05, 4.69) is 50.6 Å². The van der Waals surface area contributed by atoms with E-state index in [1.54, 1.807) is 20.9 Å². The molecular formula is C18H31BrIN3O2S. The van der Waals surface area contributed by atoms with E-state index in [-0.39, 0.29) is 24.0 Å². The second-order valence-electron chi connectivity index (χ2n) is 6.95. The zero-order valence-corrected chi connectivity index (χ0v) is 20.9. The molecule has 0 aromatic heterocycles. The number of nitrogens with one attached hydrogen (secondary N) is 2. The van der Waals surface area contributed by atoms with Gasteiger partial charge in [-0.2, -0.15) is 0 Å². The second kappa shape index (κ2) is 11.5. The number of guanidine groups is 1. The molecule has 0 spiro atoms. The largest absolute Gasteiger partial charge is 0.356 e. The molecule has 0 radical (unpaired) electrons. The van der Waals surface area contributed by atoms with Crippen LogP contribution in [0.3, 0.4) is 0 Å². The van der Waals surface area contributed by atoms with E-state index in [1.165, 1.54) is 11.8 Å². The molecule has 0 aliphatic rings. The Labute approximate surface area is 183 Å². The van der Waals surface area contributed by atoms with Crippen LogP contribution in [-0.2, 0) is 16.3 Å². The molecule has 1 aromatic rings. The Bertz CT molecular complexity index is 693. The van der Waals surface area contributed by atoms with E-state index in [1.807, 2.05) is 12.1 Å². The van der Waals surface area contributed by atoms with Crippen molar-refractivity contribution in [1.82, 2.24) is 10.6 Å². The van der Waals surface area contributed by atoms with Crippen molar-refractivity contribution in [2.75, 3.05) is 26.4 Å². The summed E-state index contributed by atoms with van der Waals surface area (Å²) in [5.74, 6) is 1.10. The fraction of sp³-hybridized carbons (Fsp3) is 0.611. The molecule has 0 heterocycles. The van der Waals surface area contributed by atoms with Crippen molar-refractivity contribution >= 4 is 55.7 Å². The maximum atomic E-state index is 11.8. The van der Waals surface area contributed by atoms with E-state index < -0.39 is 14.6 Å². The summed E-state index contributed by atoms with van der Waals surface area (Å²) in [6.07, 6.45) is 3.29. The fourth-order valence-electron chi connectivity index (χ4n) is 2.25. The lowest BCUT2D eigenvalue weighted by Crippen LogP contribution is -2.48. The molecule has 1 unspecified atom stereocenters. The number of aliphatic imine (C=N–C) groups is 1. The predicted molar refractivity (Wildman–Crippen MR) is 125 cm³/mol. The Balaban J connectivity index is 0.00000625. The molecule has 0 bridgehead atoms.